The van der Waals surface area contributed by atoms with E-state index in [0.717, 1.165) is 16.6 Å². The van der Waals surface area contributed by atoms with E-state index in [-0.39, 0.29) is 12.5 Å². The molecule has 6 nitrogen and oxygen atoms in total. The van der Waals surface area contributed by atoms with Crippen molar-refractivity contribution in [2.45, 2.75) is 19.9 Å². The molecule has 0 saturated carbocycles. The zero-order valence-corrected chi connectivity index (χ0v) is 12.0. The lowest BCUT2D eigenvalue weighted by Gasteiger charge is -2.07. The van der Waals surface area contributed by atoms with E-state index in [2.05, 4.69) is 15.5 Å². The largest absolute Gasteiger partial charge is 0.419 e. The van der Waals surface area contributed by atoms with E-state index in [4.69, 9.17) is 4.42 Å². The molecule has 6 heteroatoms. The quantitative estimate of drug-likeness (QED) is 0.795. The number of para-hydroxylation sites is 1. The summed E-state index contributed by atoms with van der Waals surface area (Å²) in [6.45, 7) is 2.17. The van der Waals surface area contributed by atoms with Crippen LogP contribution in [0.3, 0.4) is 0 Å². The first-order valence-electron chi connectivity index (χ1n) is 6.84. The van der Waals surface area contributed by atoms with Gasteiger partial charge in [0, 0.05) is 24.4 Å². The highest BCUT2D eigenvalue weighted by molar-refractivity contribution is 5.88. The molecule has 0 aliphatic heterocycles. The van der Waals surface area contributed by atoms with Crippen molar-refractivity contribution in [3.05, 3.63) is 36.2 Å². The molecule has 0 fully saturated rings. The van der Waals surface area contributed by atoms with Gasteiger partial charge in [-0.05, 0) is 12.1 Å². The molecular formula is C15H16N4O2. The van der Waals surface area contributed by atoms with Crippen LogP contribution in [0.25, 0.3) is 22.5 Å². The fourth-order valence-corrected chi connectivity index (χ4v) is 2.28. The summed E-state index contributed by atoms with van der Waals surface area (Å²) in [7, 11) is 1.62. The molecule has 21 heavy (non-hydrogen) atoms. The van der Waals surface area contributed by atoms with Crippen LogP contribution in [0.15, 0.2) is 34.7 Å². The molecule has 0 bridgehead atoms. The van der Waals surface area contributed by atoms with Crippen LogP contribution in [-0.2, 0) is 17.8 Å². The van der Waals surface area contributed by atoms with Crippen molar-refractivity contribution in [3.8, 4) is 11.6 Å². The van der Waals surface area contributed by atoms with Crippen molar-refractivity contribution in [2.24, 2.45) is 0 Å². The highest BCUT2D eigenvalue weighted by Crippen LogP contribution is 2.27. The minimum absolute atomic E-state index is 0.0761. The lowest BCUT2D eigenvalue weighted by molar-refractivity contribution is -0.121. The second-order valence-corrected chi connectivity index (χ2v) is 4.70. The number of benzene rings is 1. The molecule has 2 aromatic heterocycles. The van der Waals surface area contributed by atoms with Gasteiger partial charge in [-0.3, -0.25) is 4.79 Å². The predicted octanol–water partition coefficient (Wildman–Crippen LogP) is 2.00. The van der Waals surface area contributed by atoms with Gasteiger partial charge in [-0.15, -0.1) is 10.2 Å². The summed E-state index contributed by atoms with van der Waals surface area (Å²) >= 11 is 0. The molecule has 3 rings (SSSR count). The Hall–Kier alpha value is -2.63. The number of likely N-dealkylation sites (N-methyl/N-ethyl adjacent to an activating group) is 1. The van der Waals surface area contributed by atoms with Gasteiger partial charge in [0.1, 0.15) is 12.2 Å². The van der Waals surface area contributed by atoms with Gasteiger partial charge in [0.2, 0.25) is 11.8 Å². The number of aromatic nitrogens is 3. The number of nitrogens with one attached hydrogen (secondary N) is 1. The average molecular weight is 284 g/mol. The van der Waals surface area contributed by atoms with Gasteiger partial charge in [-0.2, -0.15) is 0 Å². The molecule has 108 valence electrons. The molecule has 0 unspecified atom stereocenters. The Balaban J connectivity index is 2.15. The molecule has 0 atom stereocenters. The maximum atomic E-state index is 11.8. The summed E-state index contributed by atoms with van der Waals surface area (Å²) in [4.78, 5) is 11.8. The second-order valence-electron chi connectivity index (χ2n) is 4.70. The summed E-state index contributed by atoms with van der Waals surface area (Å²) in [6.07, 6.45) is 0.683. The Morgan fingerprint density at radius 1 is 1.33 bits per heavy atom. The second kappa shape index (κ2) is 5.40. The number of hydrogen-bond acceptors (Lipinski definition) is 4. The van der Waals surface area contributed by atoms with Crippen molar-refractivity contribution in [1.82, 2.24) is 20.1 Å². The smallest absolute Gasteiger partial charge is 0.264 e. The van der Waals surface area contributed by atoms with Gasteiger partial charge in [0.05, 0.1) is 0 Å². The highest BCUT2D eigenvalue weighted by Gasteiger charge is 2.17. The minimum Gasteiger partial charge on any atom is -0.419 e. The zero-order valence-electron chi connectivity index (χ0n) is 12.0. The van der Waals surface area contributed by atoms with E-state index < -0.39 is 0 Å². The molecular weight excluding hydrogens is 268 g/mol. The van der Waals surface area contributed by atoms with E-state index in [0.29, 0.717) is 18.2 Å². The van der Waals surface area contributed by atoms with Crippen LogP contribution < -0.4 is 5.32 Å². The molecule has 0 spiro atoms. The maximum absolute atomic E-state index is 11.8. The minimum atomic E-state index is -0.0761. The third-order valence-corrected chi connectivity index (χ3v) is 3.38. The first kappa shape index (κ1) is 13.4. The molecule has 2 heterocycles. The number of hydrogen-bond donors (Lipinski definition) is 1. The monoisotopic (exact) mass is 284 g/mol. The zero-order chi connectivity index (χ0) is 14.8. The van der Waals surface area contributed by atoms with Crippen molar-refractivity contribution < 1.29 is 9.21 Å². The highest BCUT2D eigenvalue weighted by atomic mass is 16.4. The average Bonchev–Trinajstić information content (AvgIpc) is 3.12. The van der Waals surface area contributed by atoms with Gasteiger partial charge in [0.25, 0.3) is 5.89 Å². The first-order valence-corrected chi connectivity index (χ1v) is 6.84. The number of carbonyl (C=O) groups is 1. The summed E-state index contributed by atoms with van der Waals surface area (Å²) in [5.41, 5.74) is 1.72. The number of fused-ring (bicyclic) bond motifs is 1. The molecule has 0 aliphatic rings. The van der Waals surface area contributed by atoms with Crippen LogP contribution in [0.1, 0.15) is 12.8 Å². The molecule has 0 aliphatic carbocycles. The van der Waals surface area contributed by atoms with Gasteiger partial charge < -0.3 is 14.3 Å². The van der Waals surface area contributed by atoms with E-state index in [9.17, 15) is 4.79 Å². The van der Waals surface area contributed by atoms with Crippen molar-refractivity contribution in [3.63, 3.8) is 0 Å². The Bertz CT molecular complexity index is 788. The van der Waals surface area contributed by atoms with Gasteiger partial charge >= 0.3 is 0 Å². The summed E-state index contributed by atoms with van der Waals surface area (Å²) in [5, 5.41) is 11.7. The van der Waals surface area contributed by atoms with E-state index in [1.807, 2.05) is 41.8 Å². The summed E-state index contributed by atoms with van der Waals surface area (Å²) < 4.78 is 7.52. The molecule has 1 amide bonds. The van der Waals surface area contributed by atoms with Crippen LogP contribution in [-0.4, -0.2) is 27.7 Å². The normalized spacial score (nSPS) is 11.0. The van der Waals surface area contributed by atoms with Crippen LogP contribution >= 0.6 is 0 Å². The third-order valence-electron chi connectivity index (χ3n) is 3.38. The van der Waals surface area contributed by atoms with Gasteiger partial charge in [0.15, 0.2) is 0 Å². The summed E-state index contributed by atoms with van der Waals surface area (Å²) in [6, 6.07) is 9.83. The molecule has 1 aromatic carbocycles. The van der Waals surface area contributed by atoms with Crippen LogP contribution in [0.2, 0.25) is 0 Å². The Morgan fingerprint density at radius 2 is 2.14 bits per heavy atom. The van der Waals surface area contributed by atoms with Crippen LogP contribution in [0.5, 0.6) is 0 Å². The van der Waals surface area contributed by atoms with E-state index in [1.165, 1.54) is 0 Å². The Morgan fingerprint density at radius 3 is 2.86 bits per heavy atom. The lowest BCUT2D eigenvalue weighted by atomic mass is 10.2. The predicted molar refractivity (Wildman–Crippen MR) is 78.7 cm³/mol. The number of aryl methyl sites for hydroxylation is 1. The first-order chi connectivity index (χ1) is 10.2. The fourth-order valence-electron chi connectivity index (χ4n) is 2.28. The molecule has 1 N–H and O–H groups in total. The van der Waals surface area contributed by atoms with Gasteiger partial charge in [-0.1, -0.05) is 25.1 Å². The standard InChI is InChI=1S/C15H16N4O2/c1-3-14-17-18-15(21-14)12-8-10-6-4-5-7-11(10)19(12)9-13(20)16-2/h4-8H,3,9H2,1-2H3,(H,16,20). The summed E-state index contributed by atoms with van der Waals surface area (Å²) in [5.74, 6) is 0.946. The van der Waals surface area contributed by atoms with Crippen molar-refractivity contribution >= 4 is 16.8 Å². The molecule has 3 aromatic rings. The molecule has 0 saturated heterocycles. The van der Waals surface area contributed by atoms with Crippen LogP contribution in [0.4, 0.5) is 0 Å². The van der Waals surface area contributed by atoms with Crippen molar-refractivity contribution in [2.75, 3.05) is 7.05 Å². The Labute approximate surface area is 121 Å². The maximum Gasteiger partial charge on any atom is 0.264 e. The third kappa shape index (κ3) is 2.40. The molecule has 0 radical (unpaired) electrons. The number of nitrogens with zero attached hydrogens (tertiary/aromatic N) is 3. The van der Waals surface area contributed by atoms with Gasteiger partial charge in [-0.25, -0.2) is 0 Å². The Kier molecular flexibility index (Phi) is 3.43. The SMILES string of the molecule is CCc1nnc(-c2cc3ccccc3n2CC(=O)NC)o1. The van der Waals surface area contributed by atoms with E-state index >= 15 is 0 Å². The lowest BCUT2D eigenvalue weighted by Crippen LogP contribution is -2.23. The number of amides is 1. The number of rotatable bonds is 4. The van der Waals surface area contributed by atoms with E-state index in [1.54, 1.807) is 7.05 Å². The van der Waals surface area contributed by atoms with Crippen molar-refractivity contribution in [1.29, 1.82) is 0 Å². The topological polar surface area (TPSA) is 73.0 Å². The fraction of sp³-hybridized carbons (Fsp3) is 0.267. The van der Waals surface area contributed by atoms with Crippen LogP contribution in [0, 0.1) is 0 Å². The number of carbonyl (C=O) groups excluding carboxylic acids is 1.